The van der Waals surface area contributed by atoms with E-state index in [1.54, 1.807) is 0 Å². The summed E-state index contributed by atoms with van der Waals surface area (Å²) in [6.45, 7) is 15.4. The second-order valence-electron chi connectivity index (χ2n) is 5.12. The number of hydrogen-bond acceptors (Lipinski definition) is 1. The molecule has 0 aliphatic heterocycles. The van der Waals surface area contributed by atoms with Gasteiger partial charge in [0.05, 0.1) is 0 Å². The molecule has 0 N–H and O–H groups in total. The maximum atomic E-state index is 7.27. The van der Waals surface area contributed by atoms with Crippen molar-refractivity contribution in [3.63, 3.8) is 0 Å². The van der Waals surface area contributed by atoms with Crippen LogP contribution in [-0.2, 0) is 4.43 Å². The Morgan fingerprint density at radius 1 is 1.24 bits per heavy atom. The largest absolute Gasteiger partial charge is 0.348 e. The third-order valence-corrected chi connectivity index (χ3v) is 3.15. The van der Waals surface area contributed by atoms with Crippen LogP contribution in [0.25, 0.3) is 10.9 Å². The summed E-state index contributed by atoms with van der Waals surface area (Å²) in [6, 6.07) is 9.96. The van der Waals surface area contributed by atoms with Crippen molar-refractivity contribution in [1.29, 1.82) is 0 Å². The highest BCUT2D eigenvalue weighted by molar-refractivity contribution is 6.69. The van der Waals surface area contributed by atoms with E-state index in [1.807, 2.05) is 49.4 Å². The second-order valence-corrected chi connectivity index (χ2v) is 9.55. The van der Waals surface area contributed by atoms with Gasteiger partial charge in [0.15, 0.2) is 8.32 Å². The van der Waals surface area contributed by atoms with E-state index in [0.29, 0.717) is 0 Å². The Kier molecular flexibility index (Phi) is 4.27. The van der Waals surface area contributed by atoms with E-state index in [9.17, 15) is 0 Å². The molecule has 1 aromatic rings. The molecular formula is C14H19NOSi. The van der Waals surface area contributed by atoms with Crippen LogP contribution < -0.4 is 0 Å². The molecule has 0 fully saturated rings. The molecule has 17 heavy (non-hydrogen) atoms. The van der Waals surface area contributed by atoms with E-state index in [0.717, 1.165) is 5.56 Å². The van der Waals surface area contributed by atoms with E-state index in [-0.39, 0.29) is 0 Å². The highest BCUT2D eigenvalue weighted by Crippen LogP contribution is 2.22. The third kappa shape index (κ3) is 4.99. The third-order valence-electron chi connectivity index (χ3n) is 2.12. The summed E-state index contributed by atoms with van der Waals surface area (Å²) in [5.41, 5.74) is 0.238. The van der Waals surface area contributed by atoms with Gasteiger partial charge in [-0.15, -0.1) is 0 Å². The molecule has 0 aromatic heterocycles. The van der Waals surface area contributed by atoms with Crippen LogP contribution in [0.1, 0.15) is 12.5 Å². The van der Waals surface area contributed by atoms with Crippen LogP contribution >= 0.6 is 0 Å². The zero-order chi connectivity index (χ0) is 12.9. The molecule has 0 amide bonds. The standard InChI is InChI=1S/C14H19NOSi/c1-14(15-2,16-17(3,4)5)12-11-13-9-7-6-8-10-13/h6-12H,1,3-5H3/b12-11+. The predicted octanol–water partition coefficient (Wildman–Crippen LogP) is 4.19. The zero-order valence-electron chi connectivity index (χ0n) is 10.9. The van der Waals surface area contributed by atoms with Crippen molar-refractivity contribution in [2.24, 2.45) is 0 Å². The molecule has 0 heterocycles. The summed E-state index contributed by atoms with van der Waals surface area (Å²) in [5, 5.41) is 0. The van der Waals surface area contributed by atoms with E-state index in [1.165, 1.54) is 0 Å². The summed E-state index contributed by atoms with van der Waals surface area (Å²) in [6.07, 6.45) is 3.78. The first-order valence-electron chi connectivity index (χ1n) is 5.68. The van der Waals surface area contributed by atoms with Gasteiger partial charge in [0, 0.05) is 13.0 Å². The molecule has 0 aliphatic rings. The molecule has 0 saturated heterocycles. The molecule has 0 saturated carbocycles. The first-order chi connectivity index (χ1) is 7.85. The fourth-order valence-corrected chi connectivity index (χ4v) is 2.88. The zero-order valence-corrected chi connectivity index (χ0v) is 11.9. The van der Waals surface area contributed by atoms with Crippen LogP contribution in [0.2, 0.25) is 19.6 Å². The van der Waals surface area contributed by atoms with Crippen molar-refractivity contribution in [3.05, 3.63) is 53.4 Å². The van der Waals surface area contributed by atoms with Crippen LogP contribution in [0.4, 0.5) is 0 Å². The topological polar surface area (TPSA) is 13.6 Å². The van der Waals surface area contributed by atoms with Crippen LogP contribution in [0.15, 0.2) is 36.4 Å². The number of benzene rings is 1. The number of nitrogens with zero attached hydrogens (tertiary/aromatic N) is 1. The van der Waals surface area contributed by atoms with Crippen molar-refractivity contribution in [2.75, 3.05) is 0 Å². The highest BCUT2D eigenvalue weighted by Gasteiger charge is 2.34. The molecule has 0 radical (unpaired) electrons. The average molecular weight is 245 g/mol. The first-order valence-corrected chi connectivity index (χ1v) is 9.09. The highest BCUT2D eigenvalue weighted by atomic mass is 28.4. The monoisotopic (exact) mass is 245 g/mol. The smallest absolute Gasteiger partial charge is 0.345 e. The van der Waals surface area contributed by atoms with E-state index in [4.69, 9.17) is 11.0 Å². The van der Waals surface area contributed by atoms with Crippen molar-refractivity contribution in [1.82, 2.24) is 0 Å². The van der Waals surface area contributed by atoms with E-state index < -0.39 is 14.0 Å². The summed E-state index contributed by atoms with van der Waals surface area (Å²) >= 11 is 0. The minimum Gasteiger partial charge on any atom is -0.348 e. The average Bonchev–Trinajstić information content (AvgIpc) is 2.26. The Hall–Kier alpha value is -1.37. The van der Waals surface area contributed by atoms with E-state index in [2.05, 4.69) is 24.5 Å². The lowest BCUT2D eigenvalue weighted by atomic mass is 10.1. The molecule has 1 unspecified atom stereocenters. The Morgan fingerprint density at radius 2 is 1.82 bits per heavy atom. The Labute approximate surface area is 105 Å². The van der Waals surface area contributed by atoms with Crippen molar-refractivity contribution in [2.45, 2.75) is 32.3 Å². The number of rotatable bonds is 4. The Bertz CT molecular complexity index is 428. The molecule has 0 spiro atoms. The Balaban J connectivity index is 2.84. The molecule has 3 heteroatoms. The quantitative estimate of drug-likeness (QED) is 0.573. The maximum Gasteiger partial charge on any atom is 0.345 e. The van der Waals surface area contributed by atoms with Gasteiger partial charge in [-0.05, 0) is 31.3 Å². The maximum absolute atomic E-state index is 7.27. The molecule has 90 valence electrons. The fraction of sp³-hybridized carbons (Fsp3) is 0.357. The second kappa shape index (κ2) is 5.31. The van der Waals surface area contributed by atoms with Gasteiger partial charge in [-0.3, -0.25) is 4.85 Å². The lowest BCUT2D eigenvalue weighted by Gasteiger charge is -2.23. The van der Waals surface area contributed by atoms with Gasteiger partial charge < -0.3 is 4.43 Å². The summed E-state index contributed by atoms with van der Waals surface area (Å²) in [5.74, 6) is 0. The molecule has 1 rings (SSSR count). The molecule has 1 aromatic carbocycles. The van der Waals surface area contributed by atoms with Crippen molar-refractivity contribution in [3.8, 4) is 0 Å². The van der Waals surface area contributed by atoms with Crippen LogP contribution in [0.3, 0.4) is 0 Å². The molecule has 2 nitrogen and oxygen atoms in total. The summed E-state index contributed by atoms with van der Waals surface area (Å²) in [7, 11) is -1.72. The molecule has 0 bridgehead atoms. The molecular weight excluding hydrogens is 226 g/mol. The lowest BCUT2D eigenvalue weighted by Crippen LogP contribution is -2.36. The van der Waals surface area contributed by atoms with Crippen LogP contribution in [0.5, 0.6) is 0 Å². The predicted molar refractivity (Wildman–Crippen MR) is 74.9 cm³/mol. The van der Waals surface area contributed by atoms with Gasteiger partial charge in [-0.2, -0.15) is 0 Å². The lowest BCUT2D eigenvalue weighted by molar-refractivity contribution is 0.183. The van der Waals surface area contributed by atoms with E-state index >= 15 is 0 Å². The first kappa shape index (κ1) is 13.7. The normalized spacial score (nSPS) is 15.5. The fourth-order valence-electron chi connectivity index (χ4n) is 1.53. The van der Waals surface area contributed by atoms with Crippen molar-refractivity contribution < 1.29 is 4.43 Å². The van der Waals surface area contributed by atoms with Crippen LogP contribution in [0, 0.1) is 6.57 Å². The summed E-state index contributed by atoms with van der Waals surface area (Å²) < 4.78 is 5.89. The van der Waals surface area contributed by atoms with Gasteiger partial charge >= 0.3 is 5.72 Å². The molecule has 1 atom stereocenters. The van der Waals surface area contributed by atoms with Crippen molar-refractivity contribution >= 4 is 14.4 Å². The number of hydrogen-bond donors (Lipinski definition) is 0. The summed E-state index contributed by atoms with van der Waals surface area (Å²) in [4.78, 5) is 3.60. The minimum absolute atomic E-state index is 0.847. The SMILES string of the molecule is [C-]#[N+]C(C)(/C=C/c1ccccc1)O[Si](C)(C)C. The van der Waals surface area contributed by atoms with Gasteiger partial charge in [0.1, 0.15) is 0 Å². The van der Waals surface area contributed by atoms with Gasteiger partial charge in [0.25, 0.3) is 0 Å². The van der Waals surface area contributed by atoms with Gasteiger partial charge in [0.2, 0.25) is 0 Å². The minimum atomic E-state index is -1.72. The van der Waals surface area contributed by atoms with Crippen LogP contribution in [-0.4, -0.2) is 14.0 Å². The Morgan fingerprint density at radius 3 is 2.29 bits per heavy atom. The van der Waals surface area contributed by atoms with Gasteiger partial charge in [-0.1, -0.05) is 30.3 Å². The van der Waals surface area contributed by atoms with Gasteiger partial charge in [-0.25, -0.2) is 6.57 Å². The molecule has 0 aliphatic carbocycles.